The molecule has 0 bridgehead atoms. The van der Waals surface area contributed by atoms with Crippen LogP contribution in [0.3, 0.4) is 0 Å². The van der Waals surface area contributed by atoms with Crippen LogP contribution >= 0.6 is 0 Å². The van der Waals surface area contributed by atoms with Gasteiger partial charge in [-0.15, -0.1) is 0 Å². The highest BCUT2D eigenvalue weighted by Crippen LogP contribution is 2.26. The lowest BCUT2D eigenvalue weighted by molar-refractivity contribution is 0.102. The summed E-state index contributed by atoms with van der Waals surface area (Å²) in [6.07, 6.45) is 5.96. The SMILES string of the molecule is CN(C)[C@@H]1CCN(Cc2ccc3[nH]c(-c4cc(NC(=O)c5cnn(Cc6ccccc6)c5)c[nH]c4=O)cc3c2)C1. The van der Waals surface area contributed by atoms with E-state index in [9.17, 15) is 9.59 Å². The largest absolute Gasteiger partial charge is 0.354 e. The van der Waals surface area contributed by atoms with Gasteiger partial charge in [-0.05, 0) is 55.9 Å². The van der Waals surface area contributed by atoms with E-state index in [1.54, 1.807) is 23.1 Å². The number of anilines is 1. The van der Waals surface area contributed by atoms with Gasteiger partial charge in [-0.25, -0.2) is 0 Å². The molecule has 2 aromatic carbocycles. The molecule has 0 spiro atoms. The van der Waals surface area contributed by atoms with Gasteiger partial charge in [-0.2, -0.15) is 5.10 Å². The standard InChI is InChI=1S/C31H33N7O2/c1-36(2)26-10-11-37(20-26)17-22-8-9-28-23(12-22)13-29(35-28)27-14-25(16-32-31(27)40)34-30(39)24-15-33-38(19-24)18-21-6-4-3-5-7-21/h3-9,12-16,19,26,35H,10-11,17-18,20H2,1-2H3,(H,32,40)(H,34,39)/t26-/m1/s1. The summed E-state index contributed by atoms with van der Waals surface area (Å²) in [6, 6.07) is 20.6. The molecule has 1 atom stereocenters. The van der Waals surface area contributed by atoms with Crippen molar-refractivity contribution in [3.8, 4) is 11.3 Å². The highest BCUT2D eigenvalue weighted by molar-refractivity contribution is 6.04. The number of nitrogens with one attached hydrogen (secondary N) is 3. The fourth-order valence-electron chi connectivity index (χ4n) is 5.36. The van der Waals surface area contributed by atoms with Crippen LogP contribution in [-0.2, 0) is 13.1 Å². The molecular formula is C31H33N7O2. The number of nitrogens with zero attached hydrogens (tertiary/aromatic N) is 4. The van der Waals surface area contributed by atoms with E-state index in [-0.39, 0.29) is 11.5 Å². The third kappa shape index (κ3) is 5.61. The first-order valence-electron chi connectivity index (χ1n) is 13.5. The molecule has 1 fully saturated rings. The van der Waals surface area contributed by atoms with Crippen LogP contribution in [0.25, 0.3) is 22.2 Å². The molecular weight excluding hydrogens is 502 g/mol. The quantitative estimate of drug-likeness (QED) is 0.277. The Kier molecular flexibility index (Phi) is 7.06. The molecule has 9 nitrogen and oxygen atoms in total. The van der Waals surface area contributed by atoms with E-state index < -0.39 is 0 Å². The molecule has 4 heterocycles. The van der Waals surface area contributed by atoms with Crippen LogP contribution in [0.5, 0.6) is 0 Å². The topological polar surface area (TPSA) is 102 Å². The molecule has 1 amide bonds. The zero-order valence-electron chi connectivity index (χ0n) is 22.7. The van der Waals surface area contributed by atoms with Gasteiger partial charge in [0.1, 0.15) is 0 Å². The van der Waals surface area contributed by atoms with Crippen LogP contribution in [0, 0.1) is 0 Å². The molecule has 6 rings (SSSR count). The summed E-state index contributed by atoms with van der Waals surface area (Å²) < 4.78 is 1.73. The van der Waals surface area contributed by atoms with Crippen molar-refractivity contribution in [3.05, 3.63) is 106 Å². The van der Waals surface area contributed by atoms with E-state index in [0.29, 0.717) is 35.1 Å². The number of aromatic amines is 2. The molecule has 40 heavy (non-hydrogen) atoms. The number of benzene rings is 2. The molecule has 1 aliphatic heterocycles. The van der Waals surface area contributed by atoms with Crippen molar-refractivity contribution in [2.75, 3.05) is 32.5 Å². The van der Waals surface area contributed by atoms with Crippen LogP contribution in [0.1, 0.15) is 27.9 Å². The molecule has 9 heteroatoms. The second kappa shape index (κ2) is 11.0. The number of likely N-dealkylation sites (tertiary alicyclic amines) is 1. The van der Waals surface area contributed by atoms with Gasteiger partial charge in [0.2, 0.25) is 0 Å². The Labute approximate surface area is 232 Å². The van der Waals surface area contributed by atoms with Gasteiger partial charge in [0, 0.05) is 49.0 Å². The predicted octanol–water partition coefficient (Wildman–Crippen LogP) is 4.16. The number of rotatable bonds is 8. The van der Waals surface area contributed by atoms with Crippen molar-refractivity contribution in [3.63, 3.8) is 0 Å². The monoisotopic (exact) mass is 535 g/mol. The number of pyridine rings is 1. The van der Waals surface area contributed by atoms with Gasteiger partial charge in [-0.1, -0.05) is 36.4 Å². The Morgan fingerprint density at radius 3 is 2.73 bits per heavy atom. The fraction of sp³-hybridized carbons (Fsp3) is 0.258. The van der Waals surface area contributed by atoms with Crippen molar-refractivity contribution in [1.29, 1.82) is 0 Å². The Hall–Kier alpha value is -4.47. The average Bonchev–Trinajstić information content (AvgIpc) is 3.70. The van der Waals surface area contributed by atoms with E-state index in [1.165, 1.54) is 18.2 Å². The summed E-state index contributed by atoms with van der Waals surface area (Å²) in [7, 11) is 4.29. The summed E-state index contributed by atoms with van der Waals surface area (Å²) >= 11 is 0. The third-order valence-electron chi connectivity index (χ3n) is 7.60. The van der Waals surface area contributed by atoms with Gasteiger partial charge in [0.05, 0.1) is 35.2 Å². The first kappa shape index (κ1) is 25.8. The maximum absolute atomic E-state index is 12.9. The zero-order valence-corrected chi connectivity index (χ0v) is 22.7. The van der Waals surface area contributed by atoms with E-state index in [1.807, 2.05) is 36.4 Å². The molecule has 3 N–H and O–H groups in total. The Morgan fingerprint density at radius 1 is 1.07 bits per heavy atom. The Balaban J connectivity index is 1.16. The minimum absolute atomic E-state index is 0.229. The van der Waals surface area contributed by atoms with Gasteiger partial charge in [0.25, 0.3) is 11.5 Å². The Morgan fingerprint density at radius 2 is 1.93 bits per heavy atom. The highest BCUT2D eigenvalue weighted by atomic mass is 16.1. The summed E-state index contributed by atoms with van der Waals surface area (Å²) in [4.78, 5) is 36.6. The van der Waals surface area contributed by atoms with Crippen LogP contribution in [0.4, 0.5) is 5.69 Å². The molecule has 5 aromatic rings. The summed E-state index contributed by atoms with van der Waals surface area (Å²) in [5.74, 6) is -0.294. The summed E-state index contributed by atoms with van der Waals surface area (Å²) in [5.41, 5.74) is 5.19. The lowest BCUT2D eigenvalue weighted by Gasteiger charge is -2.20. The highest BCUT2D eigenvalue weighted by Gasteiger charge is 2.23. The molecule has 3 aromatic heterocycles. The molecule has 1 saturated heterocycles. The van der Waals surface area contributed by atoms with E-state index in [4.69, 9.17) is 0 Å². The third-order valence-corrected chi connectivity index (χ3v) is 7.60. The number of hydrogen-bond donors (Lipinski definition) is 3. The molecule has 0 saturated carbocycles. The minimum Gasteiger partial charge on any atom is -0.354 e. The smallest absolute Gasteiger partial charge is 0.258 e. The van der Waals surface area contributed by atoms with Crippen LogP contribution in [0.2, 0.25) is 0 Å². The average molecular weight is 536 g/mol. The number of hydrogen-bond acceptors (Lipinski definition) is 5. The van der Waals surface area contributed by atoms with Crippen molar-refractivity contribution >= 4 is 22.5 Å². The lowest BCUT2D eigenvalue weighted by Crippen LogP contribution is -2.31. The summed E-state index contributed by atoms with van der Waals surface area (Å²) in [5, 5.41) is 8.25. The van der Waals surface area contributed by atoms with Gasteiger partial charge < -0.3 is 20.2 Å². The zero-order chi connectivity index (χ0) is 27.6. The van der Waals surface area contributed by atoms with Crippen LogP contribution in [-0.4, -0.2) is 68.7 Å². The summed E-state index contributed by atoms with van der Waals surface area (Å²) in [6.45, 7) is 3.66. The van der Waals surface area contributed by atoms with Crippen molar-refractivity contribution in [2.24, 2.45) is 0 Å². The van der Waals surface area contributed by atoms with E-state index in [2.05, 4.69) is 62.5 Å². The second-order valence-electron chi connectivity index (χ2n) is 10.7. The van der Waals surface area contributed by atoms with Crippen LogP contribution in [0.15, 0.2) is 84.0 Å². The number of aromatic nitrogens is 4. The molecule has 0 radical (unpaired) electrons. The molecule has 0 unspecified atom stereocenters. The number of fused-ring (bicyclic) bond motifs is 1. The number of carbonyl (C=O) groups excluding carboxylic acids is 1. The maximum Gasteiger partial charge on any atom is 0.258 e. The lowest BCUT2D eigenvalue weighted by atomic mass is 10.1. The number of H-pyrrole nitrogens is 2. The van der Waals surface area contributed by atoms with E-state index >= 15 is 0 Å². The second-order valence-corrected chi connectivity index (χ2v) is 10.7. The molecule has 0 aliphatic carbocycles. The predicted molar refractivity (Wildman–Crippen MR) is 157 cm³/mol. The van der Waals surface area contributed by atoms with Crippen LogP contribution < -0.4 is 10.9 Å². The van der Waals surface area contributed by atoms with Gasteiger partial charge in [-0.3, -0.25) is 19.2 Å². The van der Waals surface area contributed by atoms with Gasteiger partial charge >= 0.3 is 0 Å². The maximum atomic E-state index is 12.9. The normalized spacial score (nSPS) is 15.7. The molecule has 204 valence electrons. The van der Waals surface area contributed by atoms with E-state index in [0.717, 1.165) is 36.1 Å². The first-order valence-corrected chi connectivity index (χ1v) is 13.5. The van der Waals surface area contributed by atoms with Crippen molar-refractivity contribution in [1.82, 2.24) is 29.5 Å². The number of likely N-dealkylation sites (N-methyl/N-ethyl adjacent to an activating group) is 1. The number of carbonyl (C=O) groups is 1. The van der Waals surface area contributed by atoms with Gasteiger partial charge in [0.15, 0.2) is 0 Å². The number of amides is 1. The fourth-order valence-corrected chi connectivity index (χ4v) is 5.36. The first-order chi connectivity index (χ1) is 19.4. The van der Waals surface area contributed by atoms with Crippen molar-refractivity contribution in [2.45, 2.75) is 25.6 Å². The van der Waals surface area contributed by atoms with Crippen molar-refractivity contribution < 1.29 is 4.79 Å². The Bertz CT molecular complexity index is 1700. The minimum atomic E-state index is -0.294. The molecule has 1 aliphatic rings.